The minimum Gasteiger partial charge on any atom is -0.311 e. The second-order valence-corrected chi connectivity index (χ2v) is 6.11. The van der Waals surface area contributed by atoms with Crippen LogP contribution in [0.2, 0.25) is 5.02 Å². The van der Waals surface area contributed by atoms with E-state index < -0.39 is 0 Å². The highest BCUT2D eigenvalue weighted by Crippen LogP contribution is 2.66. The quantitative estimate of drug-likeness (QED) is 0.764. The molecule has 0 saturated heterocycles. The molecule has 0 aliphatic heterocycles. The molecule has 2 nitrogen and oxygen atoms in total. The van der Waals surface area contributed by atoms with Gasteiger partial charge in [0.1, 0.15) is 0 Å². The van der Waals surface area contributed by atoms with Crippen molar-refractivity contribution in [2.75, 3.05) is 0 Å². The maximum absolute atomic E-state index is 12.5. The fraction of sp³-hybridized carbons (Fsp3) is 0.400. The van der Waals surface area contributed by atoms with Crippen molar-refractivity contribution < 1.29 is 0 Å². The van der Waals surface area contributed by atoms with E-state index in [1.165, 1.54) is 19.3 Å². The van der Waals surface area contributed by atoms with E-state index in [0.29, 0.717) is 16.5 Å². The van der Waals surface area contributed by atoms with Gasteiger partial charge in [0.25, 0.3) is 5.56 Å². The molecule has 2 saturated carbocycles. The lowest BCUT2D eigenvalue weighted by Crippen LogP contribution is -2.36. The molecule has 1 heterocycles. The summed E-state index contributed by atoms with van der Waals surface area (Å²) in [6, 6.07) is 7.99. The first kappa shape index (κ1) is 10.6. The van der Waals surface area contributed by atoms with E-state index in [9.17, 15) is 4.79 Å². The third kappa shape index (κ3) is 1.33. The van der Waals surface area contributed by atoms with Crippen LogP contribution in [0.25, 0.3) is 10.8 Å². The Labute approximate surface area is 110 Å². The highest BCUT2D eigenvalue weighted by molar-refractivity contribution is 6.31. The Morgan fingerprint density at radius 3 is 2.72 bits per heavy atom. The summed E-state index contributed by atoms with van der Waals surface area (Å²) in [5, 5.41) is 2.35. The molecular weight excluding hydrogens is 246 g/mol. The van der Waals surface area contributed by atoms with Gasteiger partial charge in [0.15, 0.2) is 0 Å². The van der Waals surface area contributed by atoms with E-state index in [2.05, 4.69) is 0 Å². The Kier molecular flexibility index (Phi) is 2.00. The number of aromatic nitrogens is 1. The van der Waals surface area contributed by atoms with Crippen molar-refractivity contribution in [2.24, 2.45) is 5.41 Å². The Morgan fingerprint density at radius 2 is 2.06 bits per heavy atom. The molecule has 1 atom stereocenters. The summed E-state index contributed by atoms with van der Waals surface area (Å²) in [4.78, 5) is 12.5. The lowest BCUT2D eigenvalue weighted by Gasteiger charge is -2.38. The van der Waals surface area contributed by atoms with E-state index in [0.717, 1.165) is 17.2 Å². The van der Waals surface area contributed by atoms with Crippen molar-refractivity contribution in [1.29, 1.82) is 0 Å². The maximum atomic E-state index is 12.5. The van der Waals surface area contributed by atoms with Crippen molar-refractivity contribution >= 4 is 22.4 Å². The maximum Gasteiger partial charge on any atom is 0.258 e. The number of rotatable bonds is 1. The molecule has 0 amide bonds. The summed E-state index contributed by atoms with van der Waals surface area (Å²) >= 11 is 5.99. The summed E-state index contributed by atoms with van der Waals surface area (Å²) in [6.45, 7) is 0. The van der Waals surface area contributed by atoms with Crippen LogP contribution in [-0.4, -0.2) is 4.57 Å². The molecule has 4 rings (SSSR count). The van der Waals surface area contributed by atoms with Gasteiger partial charge < -0.3 is 4.57 Å². The van der Waals surface area contributed by atoms with Crippen LogP contribution < -0.4 is 5.56 Å². The van der Waals surface area contributed by atoms with Gasteiger partial charge in [0.05, 0.1) is 0 Å². The van der Waals surface area contributed by atoms with Gasteiger partial charge in [-0.2, -0.15) is 0 Å². The van der Waals surface area contributed by atoms with Gasteiger partial charge in [0, 0.05) is 22.6 Å². The van der Waals surface area contributed by atoms with Gasteiger partial charge in [0.2, 0.25) is 0 Å². The molecule has 1 spiro atoms. The average molecular weight is 260 g/mol. The fourth-order valence-corrected chi connectivity index (χ4v) is 3.50. The highest BCUT2D eigenvalue weighted by Gasteiger charge is 2.56. The number of hydrogen-bond acceptors (Lipinski definition) is 1. The van der Waals surface area contributed by atoms with Crippen LogP contribution >= 0.6 is 11.6 Å². The first-order valence-electron chi connectivity index (χ1n) is 6.50. The van der Waals surface area contributed by atoms with Gasteiger partial charge in [-0.05, 0) is 54.7 Å². The minimum atomic E-state index is 0.117. The second kappa shape index (κ2) is 3.39. The largest absolute Gasteiger partial charge is 0.311 e. The van der Waals surface area contributed by atoms with Gasteiger partial charge in [-0.15, -0.1) is 0 Å². The molecule has 2 fully saturated rings. The number of pyridine rings is 1. The molecule has 92 valence electrons. The third-order valence-electron chi connectivity index (χ3n) is 4.75. The summed E-state index contributed by atoms with van der Waals surface area (Å²) in [7, 11) is 0. The van der Waals surface area contributed by atoms with Crippen molar-refractivity contribution in [3.63, 3.8) is 0 Å². The van der Waals surface area contributed by atoms with Gasteiger partial charge in [-0.1, -0.05) is 17.7 Å². The van der Waals surface area contributed by atoms with Crippen LogP contribution in [0.3, 0.4) is 0 Å². The number of nitrogens with zero attached hydrogens (tertiary/aromatic N) is 1. The molecule has 0 radical (unpaired) electrons. The molecule has 1 unspecified atom stereocenters. The van der Waals surface area contributed by atoms with E-state index in [1.54, 1.807) is 6.07 Å². The van der Waals surface area contributed by atoms with E-state index >= 15 is 0 Å². The zero-order valence-corrected chi connectivity index (χ0v) is 10.8. The summed E-state index contributed by atoms with van der Waals surface area (Å²) in [5.41, 5.74) is 0.585. The summed E-state index contributed by atoms with van der Waals surface area (Å²) < 4.78 is 1.94. The second-order valence-electron chi connectivity index (χ2n) is 5.68. The smallest absolute Gasteiger partial charge is 0.258 e. The Bertz CT molecular complexity index is 699. The lowest BCUT2D eigenvalue weighted by atomic mass is 9.76. The molecule has 2 aliphatic rings. The molecule has 0 bridgehead atoms. The SMILES string of the molecule is O=c1c2cc(Cl)ccc2ccn1C1CCC12CC2. The molecule has 3 heteroatoms. The number of benzene rings is 1. The standard InChI is InChI=1S/C15H14ClNO/c16-11-2-1-10-4-8-17(14(18)12(10)9-11)13-3-5-15(13)6-7-15/h1-2,4,8-9,13H,3,5-7H2. The first-order chi connectivity index (χ1) is 8.70. The van der Waals surface area contributed by atoms with Gasteiger partial charge in [-0.3, -0.25) is 4.79 Å². The molecule has 0 N–H and O–H groups in total. The van der Waals surface area contributed by atoms with Crippen molar-refractivity contribution in [3.05, 3.63) is 45.8 Å². The Hall–Kier alpha value is -1.28. The molecule has 2 aliphatic carbocycles. The van der Waals surface area contributed by atoms with Crippen molar-refractivity contribution in [1.82, 2.24) is 4.57 Å². The fourth-order valence-electron chi connectivity index (χ4n) is 3.33. The van der Waals surface area contributed by atoms with E-state index in [-0.39, 0.29) is 5.56 Å². The molecule has 2 aromatic rings. The van der Waals surface area contributed by atoms with Crippen LogP contribution in [0.1, 0.15) is 31.7 Å². The molecule has 1 aromatic heterocycles. The van der Waals surface area contributed by atoms with E-state index in [1.807, 2.05) is 29.0 Å². The molecule has 1 aromatic carbocycles. The van der Waals surface area contributed by atoms with E-state index in [4.69, 9.17) is 11.6 Å². The number of hydrogen-bond donors (Lipinski definition) is 0. The van der Waals surface area contributed by atoms with Crippen LogP contribution in [-0.2, 0) is 0 Å². The van der Waals surface area contributed by atoms with Crippen LogP contribution in [0, 0.1) is 5.41 Å². The normalized spacial score (nSPS) is 24.2. The number of fused-ring (bicyclic) bond motifs is 1. The first-order valence-corrected chi connectivity index (χ1v) is 6.88. The zero-order valence-electron chi connectivity index (χ0n) is 10.0. The van der Waals surface area contributed by atoms with Crippen LogP contribution in [0.4, 0.5) is 0 Å². The monoisotopic (exact) mass is 259 g/mol. The van der Waals surface area contributed by atoms with Crippen molar-refractivity contribution in [2.45, 2.75) is 31.7 Å². The third-order valence-corrected chi connectivity index (χ3v) is 4.98. The molecule has 18 heavy (non-hydrogen) atoms. The topological polar surface area (TPSA) is 22.0 Å². The number of halogens is 1. The average Bonchev–Trinajstić information content (AvgIpc) is 3.14. The Balaban J connectivity index is 1.92. The highest BCUT2D eigenvalue weighted by atomic mass is 35.5. The minimum absolute atomic E-state index is 0.117. The predicted molar refractivity (Wildman–Crippen MR) is 73.2 cm³/mol. The van der Waals surface area contributed by atoms with Gasteiger partial charge in [-0.25, -0.2) is 0 Å². The predicted octanol–water partition coefficient (Wildman–Crippen LogP) is 3.77. The lowest BCUT2D eigenvalue weighted by molar-refractivity contribution is 0.152. The van der Waals surface area contributed by atoms with Crippen LogP contribution in [0.5, 0.6) is 0 Å². The van der Waals surface area contributed by atoms with Crippen molar-refractivity contribution in [3.8, 4) is 0 Å². The summed E-state index contributed by atoms with van der Waals surface area (Å²) in [5.74, 6) is 0. The summed E-state index contributed by atoms with van der Waals surface area (Å²) in [6.07, 6.45) is 6.97. The molecular formula is C15H14ClNO. The zero-order chi connectivity index (χ0) is 12.3. The Morgan fingerprint density at radius 1 is 1.22 bits per heavy atom. The van der Waals surface area contributed by atoms with Gasteiger partial charge >= 0.3 is 0 Å². The van der Waals surface area contributed by atoms with Crippen LogP contribution in [0.15, 0.2) is 35.3 Å².